The zero-order chi connectivity index (χ0) is 7.23. The van der Waals surface area contributed by atoms with Crippen LogP contribution < -0.4 is 5.32 Å². The van der Waals surface area contributed by atoms with Crippen molar-refractivity contribution in [3.8, 4) is 0 Å². The maximum atomic E-state index is 4.98. The van der Waals surface area contributed by atoms with Gasteiger partial charge >= 0.3 is 0 Å². The summed E-state index contributed by atoms with van der Waals surface area (Å²) in [5, 5.41) is 4.47. The van der Waals surface area contributed by atoms with Crippen LogP contribution in [0.2, 0.25) is 0 Å². The number of ether oxygens (including phenoxy) is 1. The van der Waals surface area contributed by atoms with Crippen molar-refractivity contribution in [2.75, 3.05) is 31.8 Å². The van der Waals surface area contributed by atoms with Gasteiger partial charge in [-0.1, -0.05) is 0 Å². The van der Waals surface area contributed by atoms with Crippen molar-refractivity contribution >= 4 is 11.8 Å². The Morgan fingerprint density at radius 1 is 1.70 bits per heavy atom. The molecule has 3 heteroatoms. The van der Waals surface area contributed by atoms with Gasteiger partial charge in [0.25, 0.3) is 0 Å². The maximum absolute atomic E-state index is 4.98. The van der Waals surface area contributed by atoms with Gasteiger partial charge in [0.1, 0.15) is 0 Å². The Hall–Kier alpha value is 0.270. The van der Waals surface area contributed by atoms with Gasteiger partial charge in [-0.25, -0.2) is 5.32 Å². The topological polar surface area (TPSA) is 23.3 Å². The molecular formula is C7H14NOS. The molecule has 1 heterocycles. The predicted octanol–water partition coefficient (Wildman–Crippen LogP) is 0.743. The third-order valence-corrected chi connectivity index (χ3v) is 2.68. The van der Waals surface area contributed by atoms with Gasteiger partial charge in [-0.2, -0.15) is 11.8 Å². The summed E-state index contributed by atoms with van der Waals surface area (Å²) < 4.78 is 4.98. The summed E-state index contributed by atoms with van der Waals surface area (Å²) in [7, 11) is 1.75. The molecular weight excluding hydrogens is 146 g/mol. The van der Waals surface area contributed by atoms with Gasteiger partial charge in [-0.3, -0.25) is 0 Å². The number of nitrogens with zero attached hydrogens (tertiary/aromatic N) is 1. The van der Waals surface area contributed by atoms with Crippen molar-refractivity contribution in [2.24, 2.45) is 0 Å². The minimum Gasteiger partial charge on any atom is -0.385 e. The second-order valence-corrected chi connectivity index (χ2v) is 3.57. The lowest BCUT2D eigenvalue weighted by atomic mass is 10.2. The first-order valence-corrected chi connectivity index (χ1v) is 4.82. The number of hydrogen-bond donors (Lipinski definition) is 0. The number of hydrogen-bond acceptors (Lipinski definition) is 2. The molecule has 1 unspecified atom stereocenters. The van der Waals surface area contributed by atoms with Crippen LogP contribution in [0.1, 0.15) is 6.42 Å². The van der Waals surface area contributed by atoms with E-state index in [0.29, 0.717) is 6.04 Å². The molecule has 0 amide bonds. The summed E-state index contributed by atoms with van der Waals surface area (Å²) >= 11 is 2.00. The minimum absolute atomic E-state index is 0.568. The zero-order valence-electron chi connectivity index (χ0n) is 6.38. The van der Waals surface area contributed by atoms with Gasteiger partial charge in [0.15, 0.2) is 0 Å². The highest BCUT2D eigenvalue weighted by Gasteiger charge is 2.12. The van der Waals surface area contributed by atoms with Crippen LogP contribution in [-0.4, -0.2) is 37.8 Å². The molecule has 1 rings (SSSR count). The molecule has 0 saturated carbocycles. The molecule has 0 bridgehead atoms. The Morgan fingerprint density at radius 3 is 3.20 bits per heavy atom. The Kier molecular flexibility index (Phi) is 4.18. The van der Waals surface area contributed by atoms with Gasteiger partial charge in [-0.05, 0) is 6.42 Å². The lowest BCUT2D eigenvalue weighted by molar-refractivity contribution is 0.185. The van der Waals surface area contributed by atoms with Gasteiger partial charge < -0.3 is 4.74 Å². The van der Waals surface area contributed by atoms with Crippen LogP contribution in [0, 0.1) is 0 Å². The van der Waals surface area contributed by atoms with Gasteiger partial charge in [0, 0.05) is 37.8 Å². The van der Waals surface area contributed by atoms with Crippen molar-refractivity contribution in [1.82, 2.24) is 5.32 Å². The van der Waals surface area contributed by atoms with Crippen LogP contribution in [0.25, 0.3) is 0 Å². The summed E-state index contributed by atoms with van der Waals surface area (Å²) in [6, 6.07) is 0.568. The van der Waals surface area contributed by atoms with E-state index in [0.717, 1.165) is 19.6 Å². The molecule has 0 spiro atoms. The highest BCUT2D eigenvalue weighted by Crippen LogP contribution is 2.11. The van der Waals surface area contributed by atoms with E-state index in [-0.39, 0.29) is 0 Å². The van der Waals surface area contributed by atoms with E-state index in [2.05, 4.69) is 5.32 Å². The number of rotatable bonds is 3. The summed E-state index contributed by atoms with van der Waals surface area (Å²) in [5.41, 5.74) is 0. The monoisotopic (exact) mass is 160 g/mol. The smallest absolute Gasteiger partial charge is 0.0478 e. The summed E-state index contributed by atoms with van der Waals surface area (Å²) in [5.74, 6) is 2.41. The average Bonchev–Trinajstić information content (AvgIpc) is 2.03. The fraction of sp³-hybridized carbons (Fsp3) is 1.00. The fourth-order valence-corrected chi connectivity index (χ4v) is 1.95. The molecule has 1 fully saturated rings. The molecule has 0 aromatic carbocycles. The Bertz CT molecular complexity index is 83.7. The molecule has 0 aromatic heterocycles. The lowest BCUT2D eigenvalue weighted by Crippen LogP contribution is -2.32. The van der Waals surface area contributed by atoms with Crippen molar-refractivity contribution in [1.29, 1.82) is 0 Å². The highest BCUT2D eigenvalue weighted by molar-refractivity contribution is 7.99. The van der Waals surface area contributed by atoms with E-state index >= 15 is 0 Å². The first-order valence-electron chi connectivity index (χ1n) is 3.67. The largest absolute Gasteiger partial charge is 0.385 e. The SMILES string of the molecule is COCCC1CSCC[N]1. The second-order valence-electron chi connectivity index (χ2n) is 2.42. The van der Waals surface area contributed by atoms with E-state index in [9.17, 15) is 0 Å². The number of methoxy groups -OCH3 is 1. The van der Waals surface area contributed by atoms with Gasteiger partial charge in [-0.15, -0.1) is 0 Å². The normalized spacial score (nSPS) is 26.7. The molecule has 0 N–H and O–H groups in total. The van der Waals surface area contributed by atoms with Crippen molar-refractivity contribution in [3.05, 3.63) is 0 Å². The zero-order valence-corrected chi connectivity index (χ0v) is 7.19. The van der Waals surface area contributed by atoms with Gasteiger partial charge in [0.05, 0.1) is 0 Å². The summed E-state index contributed by atoms with van der Waals surface area (Å²) in [6.07, 6.45) is 1.10. The minimum atomic E-state index is 0.568. The van der Waals surface area contributed by atoms with Gasteiger partial charge in [0.2, 0.25) is 0 Å². The van der Waals surface area contributed by atoms with Crippen molar-refractivity contribution < 1.29 is 4.74 Å². The molecule has 2 nitrogen and oxygen atoms in total. The lowest BCUT2D eigenvalue weighted by Gasteiger charge is -2.20. The predicted molar refractivity (Wildman–Crippen MR) is 44.6 cm³/mol. The highest BCUT2D eigenvalue weighted by atomic mass is 32.2. The van der Waals surface area contributed by atoms with Crippen molar-refractivity contribution in [2.45, 2.75) is 12.5 Å². The third kappa shape index (κ3) is 2.90. The standard InChI is InChI=1S/C7H14NOS/c1-9-4-2-7-6-10-5-3-8-7/h7H,2-6H2,1H3. The molecule has 10 heavy (non-hydrogen) atoms. The molecule has 1 aliphatic heterocycles. The van der Waals surface area contributed by atoms with Crippen LogP contribution in [-0.2, 0) is 4.74 Å². The Morgan fingerprint density at radius 2 is 2.60 bits per heavy atom. The van der Waals surface area contributed by atoms with E-state index in [1.807, 2.05) is 11.8 Å². The van der Waals surface area contributed by atoms with E-state index in [1.54, 1.807) is 7.11 Å². The first-order chi connectivity index (χ1) is 4.93. The van der Waals surface area contributed by atoms with Crippen LogP contribution in [0.3, 0.4) is 0 Å². The van der Waals surface area contributed by atoms with E-state index in [1.165, 1.54) is 11.5 Å². The van der Waals surface area contributed by atoms with E-state index < -0.39 is 0 Å². The quantitative estimate of drug-likeness (QED) is 0.608. The molecule has 1 atom stereocenters. The second kappa shape index (κ2) is 4.99. The molecule has 1 radical (unpaired) electrons. The molecule has 0 aliphatic carbocycles. The fourth-order valence-electron chi connectivity index (χ4n) is 1.00. The van der Waals surface area contributed by atoms with Crippen LogP contribution in [0.5, 0.6) is 0 Å². The molecule has 0 aromatic rings. The molecule has 1 saturated heterocycles. The number of thioether (sulfide) groups is 1. The summed E-state index contributed by atoms with van der Waals surface area (Å²) in [6.45, 7) is 1.90. The Balaban J connectivity index is 2.02. The van der Waals surface area contributed by atoms with Crippen LogP contribution in [0.15, 0.2) is 0 Å². The van der Waals surface area contributed by atoms with Crippen LogP contribution in [0.4, 0.5) is 0 Å². The molecule has 59 valence electrons. The summed E-state index contributed by atoms with van der Waals surface area (Å²) in [4.78, 5) is 0. The van der Waals surface area contributed by atoms with Crippen LogP contribution >= 0.6 is 11.8 Å². The average molecular weight is 160 g/mol. The van der Waals surface area contributed by atoms with Crippen molar-refractivity contribution in [3.63, 3.8) is 0 Å². The third-order valence-electron chi connectivity index (χ3n) is 1.59. The Labute approximate surface area is 66.7 Å². The maximum Gasteiger partial charge on any atom is 0.0478 e. The first kappa shape index (κ1) is 8.37. The molecule has 1 aliphatic rings. The van der Waals surface area contributed by atoms with E-state index in [4.69, 9.17) is 4.74 Å².